The number of furan rings is 1. The molecule has 142 valence electrons. The van der Waals surface area contributed by atoms with Crippen LogP contribution in [0.1, 0.15) is 37.0 Å². The average molecular weight is 368 g/mol. The Balaban J connectivity index is 1.58. The van der Waals surface area contributed by atoms with Gasteiger partial charge in [-0.3, -0.25) is 4.90 Å². The van der Waals surface area contributed by atoms with Crippen molar-refractivity contribution in [3.8, 4) is 11.5 Å². The molecule has 1 saturated carbocycles. The van der Waals surface area contributed by atoms with Gasteiger partial charge in [0, 0.05) is 12.7 Å². The smallest absolute Gasteiger partial charge is 0.322 e. The van der Waals surface area contributed by atoms with Crippen LogP contribution < -0.4 is 14.8 Å². The lowest BCUT2D eigenvalue weighted by molar-refractivity contribution is 0.200. The van der Waals surface area contributed by atoms with Crippen molar-refractivity contribution in [2.45, 2.75) is 38.3 Å². The molecule has 0 spiro atoms. The number of hydrogen-bond acceptors (Lipinski definition) is 4. The monoisotopic (exact) mass is 368 g/mol. The summed E-state index contributed by atoms with van der Waals surface area (Å²) < 4.78 is 17.0. The Kier molecular flexibility index (Phi) is 5.05. The van der Waals surface area contributed by atoms with Gasteiger partial charge in [-0.05, 0) is 61.1 Å². The first-order valence-corrected chi connectivity index (χ1v) is 9.35. The number of urea groups is 1. The predicted molar refractivity (Wildman–Crippen MR) is 102 cm³/mol. The molecule has 1 aromatic heterocycles. The number of nitrogens with one attached hydrogen (secondary N) is 1. The lowest BCUT2D eigenvalue weighted by Crippen LogP contribution is -2.41. The van der Waals surface area contributed by atoms with Crippen molar-refractivity contribution < 1.29 is 18.7 Å². The normalized spacial score (nSPS) is 17.6. The molecule has 2 aliphatic rings. The zero-order chi connectivity index (χ0) is 18.6. The number of rotatable bonds is 6. The van der Waals surface area contributed by atoms with Crippen molar-refractivity contribution in [1.82, 2.24) is 10.2 Å². The van der Waals surface area contributed by atoms with Crippen LogP contribution in [0.25, 0.3) is 5.57 Å². The van der Waals surface area contributed by atoms with Crippen LogP contribution in [-0.2, 0) is 6.54 Å². The molecule has 2 aromatic rings. The van der Waals surface area contributed by atoms with Crippen molar-refractivity contribution in [3.05, 3.63) is 54.1 Å². The molecule has 1 N–H and O–H groups in total. The molecule has 1 fully saturated rings. The second-order valence-electron chi connectivity index (χ2n) is 6.91. The second kappa shape index (κ2) is 7.78. The van der Waals surface area contributed by atoms with Gasteiger partial charge in [-0.15, -0.1) is 0 Å². The van der Waals surface area contributed by atoms with E-state index in [1.165, 1.54) is 12.8 Å². The summed E-state index contributed by atoms with van der Waals surface area (Å²) in [6.07, 6.45) is 8.34. The molecule has 0 unspecified atom stereocenters. The third-order valence-electron chi connectivity index (χ3n) is 5.04. The van der Waals surface area contributed by atoms with E-state index in [1.807, 2.05) is 36.5 Å². The van der Waals surface area contributed by atoms with Gasteiger partial charge in [0.05, 0.1) is 26.0 Å². The van der Waals surface area contributed by atoms with Gasteiger partial charge in [-0.2, -0.15) is 0 Å². The number of amides is 2. The van der Waals surface area contributed by atoms with Crippen LogP contribution in [0.2, 0.25) is 0 Å². The van der Waals surface area contributed by atoms with E-state index in [4.69, 9.17) is 13.9 Å². The number of nitrogens with zero attached hydrogens (tertiary/aromatic N) is 1. The number of carbonyl (C=O) groups is 1. The molecular formula is C21H24N2O4. The minimum atomic E-state index is -0.133. The first-order valence-electron chi connectivity index (χ1n) is 9.35. The minimum Gasteiger partial charge on any atom is -0.493 e. The Morgan fingerprint density at radius 2 is 2.07 bits per heavy atom. The van der Waals surface area contributed by atoms with E-state index in [2.05, 4.69) is 5.32 Å². The Labute approximate surface area is 158 Å². The zero-order valence-electron chi connectivity index (χ0n) is 15.4. The summed E-state index contributed by atoms with van der Waals surface area (Å²) in [5, 5.41) is 2.92. The molecule has 0 bridgehead atoms. The van der Waals surface area contributed by atoms with Crippen LogP contribution in [0.5, 0.6) is 11.5 Å². The fourth-order valence-corrected chi connectivity index (χ4v) is 3.58. The third-order valence-corrected chi connectivity index (χ3v) is 5.04. The van der Waals surface area contributed by atoms with Crippen molar-refractivity contribution in [3.63, 3.8) is 0 Å². The van der Waals surface area contributed by atoms with Crippen molar-refractivity contribution in [2.75, 3.05) is 13.7 Å². The molecule has 2 heterocycles. The highest BCUT2D eigenvalue weighted by Crippen LogP contribution is 2.34. The summed E-state index contributed by atoms with van der Waals surface area (Å²) in [5.74, 6) is 2.23. The number of methoxy groups -OCH3 is 1. The highest BCUT2D eigenvalue weighted by molar-refractivity contribution is 5.84. The molecule has 2 amide bonds. The van der Waals surface area contributed by atoms with Gasteiger partial charge in [0.1, 0.15) is 5.76 Å². The highest BCUT2D eigenvalue weighted by atomic mass is 16.5. The van der Waals surface area contributed by atoms with Gasteiger partial charge in [0.2, 0.25) is 0 Å². The maximum Gasteiger partial charge on any atom is 0.322 e. The van der Waals surface area contributed by atoms with E-state index in [9.17, 15) is 4.79 Å². The van der Waals surface area contributed by atoms with E-state index in [0.717, 1.165) is 41.2 Å². The number of carbonyl (C=O) groups excluding carboxylic acids is 1. The van der Waals surface area contributed by atoms with E-state index in [1.54, 1.807) is 18.3 Å². The van der Waals surface area contributed by atoms with Gasteiger partial charge in [0.25, 0.3) is 0 Å². The van der Waals surface area contributed by atoms with E-state index in [-0.39, 0.29) is 12.1 Å². The third kappa shape index (κ3) is 3.94. The van der Waals surface area contributed by atoms with Gasteiger partial charge in [-0.25, -0.2) is 4.79 Å². The molecule has 0 radical (unpaired) electrons. The maximum atomic E-state index is 12.2. The molecule has 27 heavy (non-hydrogen) atoms. The molecule has 4 rings (SSSR count). The van der Waals surface area contributed by atoms with Gasteiger partial charge < -0.3 is 19.2 Å². The molecule has 6 heteroatoms. The van der Waals surface area contributed by atoms with Gasteiger partial charge >= 0.3 is 6.03 Å². The minimum absolute atomic E-state index is 0.133. The molecule has 1 aliphatic carbocycles. The zero-order valence-corrected chi connectivity index (χ0v) is 15.4. The molecule has 6 nitrogen and oxygen atoms in total. The fourth-order valence-electron chi connectivity index (χ4n) is 3.58. The highest BCUT2D eigenvalue weighted by Gasteiger charge is 2.22. The molecule has 0 atom stereocenters. The van der Waals surface area contributed by atoms with Crippen LogP contribution >= 0.6 is 0 Å². The fraction of sp³-hybridized carbons (Fsp3) is 0.381. The Hall–Kier alpha value is -2.89. The molecular weight excluding hydrogens is 344 g/mol. The summed E-state index contributed by atoms with van der Waals surface area (Å²) in [5.41, 5.74) is 2.02. The van der Waals surface area contributed by atoms with Crippen LogP contribution in [0.3, 0.4) is 0 Å². The van der Waals surface area contributed by atoms with E-state index < -0.39 is 0 Å². The first-order chi connectivity index (χ1) is 13.2. The van der Waals surface area contributed by atoms with Crippen LogP contribution in [0, 0.1) is 0 Å². The lowest BCUT2D eigenvalue weighted by Gasteiger charge is -2.26. The predicted octanol–water partition coefficient (Wildman–Crippen LogP) is 4.18. The van der Waals surface area contributed by atoms with Crippen molar-refractivity contribution in [1.29, 1.82) is 0 Å². The van der Waals surface area contributed by atoms with Gasteiger partial charge in [0.15, 0.2) is 11.5 Å². The molecule has 1 aromatic carbocycles. The summed E-state index contributed by atoms with van der Waals surface area (Å²) in [7, 11) is 1.65. The quantitative estimate of drug-likeness (QED) is 0.831. The van der Waals surface area contributed by atoms with Gasteiger partial charge in [-0.1, -0.05) is 6.07 Å². The number of hydrogen-bond donors (Lipinski definition) is 1. The molecule has 1 aliphatic heterocycles. The largest absolute Gasteiger partial charge is 0.493 e. The number of benzene rings is 1. The number of ether oxygens (including phenoxy) is 2. The topological polar surface area (TPSA) is 63.9 Å². The summed E-state index contributed by atoms with van der Waals surface area (Å²) in [6, 6.07) is 9.47. The van der Waals surface area contributed by atoms with Crippen molar-refractivity contribution in [2.24, 2.45) is 0 Å². The summed E-state index contributed by atoms with van der Waals surface area (Å²) in [4.78, 5) is 13.8. The van der Waals surface area contributed by atoms with Crippen LogP contribution in [0.15, 0.2) is 47.2 Å². The molecule has 0 saturated heterocycles. The van der Waals surface area contributed by atoms with Crippen molar-refractivity contribution >= 4 is 11.6 Å². The second-order valence-corrected chi connectivity index (χ2v) is 6.91. The maximum absolute atomic E-state index is 12.2. The van der Waals surface area contributed by atoms with Crippen LogP contribution in [-0.4, -0.2) is 30.7 Å². The standard InChI is InChI=1S/C21H24N2O4/c1-25-19-9-8-15(11-20(19)27-17-5-2-3-6-17)16-12-22-21(24)23(13-16)14-18-7-4-10-26-18/h4,7-11,13,17H,2-3,5-6,12,14H2,1H3,(H,22,24). The summed E-state index contributed by atoms with van der Waals surface area (Å²) in [6.45, 7) is 0.868. The average Bonchev–Trinajstić information content (AvgIpc) is 3.38. The van der Waals surface area contributed by atoms with E-state index in [0.29, 0.717) is 13.1 Å². The SMILES string of the molecule is COc1ccc(C2=CN(Cc3ccco3)C(=O)NC2)cc1OC1CCCC1. The Bertz CT molecular complexity index is 823. The Morgan fingerprint density at radius 1 is 1.22 bits per heavy atom. The van der Waals surface area contributed by atoms with E-state index >= 15 is 0 Å². The summed E-state index contributed by atoms with van der Waals surface area (Å²) >= 11 is 0. The lowest BCUT2D eigenvalue weighted by atomic mass is 10.0. The first kappa shape index (κ1) is 17.5. The van der Waals surface area contributed by atoms with Crippen LogP contribution in [0.4, 0.5) is 4.79 Å². The Morgan fingerprint density at radius 3 is 2.81 bits per heavy atom.